The zero-order chi connectivity index (χ0) is 12.1. The highest BCUT2D eigenvalue weighted by atomic mass is 14.8. The van der Waals surface area contributed by atoms with Gasteiger partial charge in [0.2, 0.25) is 0 Å². The van der Waals surface area contributed by atoms with E-state index in [0.29, 0.717) is 0 Å². The van der Waals surface area contributed by atoms with Crippen molar-refractivity contribution in [2.24, 2.45) is 23.7 Å². The maximum absolute atomic E-state index is 3.60. The van der Waals surface area contributed by atoms with Crippen molar-refractivity contribution in [3.05, 3.63) is 0 Å². The van der Waals surface area contributed by atoms with Crippen molar-refractivity contribution in [2.45, 2.75) is 65.2 Å². The van der Waals surface area contributed by atoms with Crippen LogP contribution in [0.2, 0.25) is 0 Å². The van der Waals surface area contributed by atoms with Crippen LogP contribution < -0.4 is 5.32 Å². The van der Waals surface area contributed by atoms with Gasteiger partial charge in [-0.2, -0.15) is 0 Å². The maximum Gasteiger partial charge on any atom is -0.00179 e. The minimum absolute atomic E-state index is 0.987. The van der Waals surface area contributed by atoms with Gasteiger partial charge in [0.1, 0.15) is 0 Å². The van der Waals surface area contributed by atoms with Crippen molar-refractivity contribution in [1.82, 2.24) is 5.32 Å². The van der Waals surface area contributed by atoms with Crippen LogP contribution in [-0.4, -0.2) is 13.1 Å². The first-order valence-corrected chi connectivity index (χ1v) is 8.05. The third-order valence-electron chi connectivity index (χ3n) is 5.40. The Hall–Kier alpha value is -0.0400. The second-order valence-corrected chi connectivity index (χ2v) is 6.36. The van der Waals surface area contributed by atoms with Crippen LogP contribution in [0.4, 0.5) is 0 Å². The molecule has 2 fully saturated rings. The van der Waals surface area contributed by atoms with Crippen LogP contribution in [0.5, 0.6) is 0 Å². The Kier molecular flexibility index (Phi) is 5.34. The first-order valence-electron chi connectivity index (χ1n) is 8.05. The molecule has 0 aromatic carbocycles. The molecule has 17 heavy (non-hydrogen) atoms. The van der Waals surface area contributed by atoms with E-state index in [1.165, 1.54) is 57.9 Å². The van der Waals surface area contributed by atoms with Crippen molar-refractivity contribution in [1.29, 1.82) is 0 Å². The quantitative estimate of drug-likeness (QED) is 0.754. The molecular formula is C16H31N. The fourth-order valence-corrected chi connectivity index (χ4v) is 4.28. The summed E-state index contributed by atoms with van der Waals surface area (Å²) in [5.74, 6) is 4.16. The molecule has 0 saturated heterocycles. The summed E-state index contributed by atoms with van der Waals surface area (Å²) in [4.78, 5) is 0. The van der Waals surface area contributed by atoms with Crippen molar-refractivity contribution in [2.75, 3.05) is 13.1 Å². The molecule has 0 aromatic heterocycles. The SMILES string of the molecule is CCNCC1CCC(CC)CC1C1CCCC1. The first kappa shape index (κ1) is 13.4. The van der Waals surface area contributed by atoms with Gasteiger partial charge in [0.25, 0.3) is 0 Å². The molecular weight excluding hydrogens is 206 g/mol. The summed E-state index contributed by atoms with van der Waals surface area (Å²) < 4.78 is 0. The zero-order valence-corrected chi connectivity index (χ0v) is 11.9. The maximum atomic E-state index is 3.60. The number of hydrogen-bond acceptors (Lipinski definition) is 1. The molecule has 0 radical (unpaired) electrons. The molecule has 0 spiro atoms. The van der Waals surface area contributed by atoms with Crippen molar-refractivity contribution < 1.29 is 0 Å². The molecule has 3 atom stereocenters. The van der Waals surface area contributed by atoms with Gasteiger partial charge in [-0.25, -0.2) is 0 Å². The topological polar surface area (TPSA) is 12.0 Å². The van der Waals surface area contributed by atoms with E-state index in [0.717, 1.165) is 30.2 Å². The number of rotatable bonds is 5. The van der Waals surface area contributed by atoms with E-state index < -0.39 is 0 Å². The Bertz CT molecular complexity index is 208. The lowest BCUT2D eigenvalue weighted by molar-refractivity contribution is 0.118. The normalized spacial score (nSPS) is 35.3. The summed E-state index contributed by atoms with van der Waals surface area (Å²) in [7, 11) is 0. The van der Waals surface area contributed by atoms with E-state index >= 15 is 0 Å². The fraction of sp³-hybridized carbons (Fsp3) is 1.00. The minimum Gasteiger partial charge on any atom is -0.317 e. The predicted molar refractivity (Wildman–Crippen MR) is 75.1 cm³/mol. The smallest absolute Gasteiger partial charge is 0.00179 e. The summed E-state index contributed by atoms with van der Waals surface area (Å²) in [6.45, 7) is 7.06. The van der Waals surface area contributed by atoms with Gasteiger partial charge in [-0.15, -0.1) is 0 Å². The Morgan fingerprint density at radius 1 is 1.00 bits per heavy atom. The van der Waals surface area contributed by atoms with Crippen molar-refractivity contribution in [3.8, 4) is 0 Å². The minimum atomic E-state index is 0.987. The molecule has 2 aliphatic carbocycles. The summed E-state index contributed by atoms with van der Waals surface area (Å²) in [5.41, 5.74) is 0. The summed E-state index contributed by atoms with van der Waals surface area (Å²) >= 11 is 0. The van der Waals surface area contributed by atoms with E-state index in [1.807, 2.05) is 0 Å². The highest BCUT2D eigenvalue weighted by Crippen LogP contribution is 2.44. The van der Waals surface area contributed by atoms with E-state index in [2.05, 4.69) is 19.2 Å². The predicted octanol–water partition coefficient (Wildman–Crippen LogP) is 4.23. The molecule has 2 rings (SSSR count). The number of hydrogen-bond donors (Lipinski definition) is 1. The van der Waals surface area contributed by atoms with Crippen molar-refractivity contribution in [3.63, 3.8) is 0 Å². The highest BCUT2D eigenvalue weighted by Gasteiger charge is 2.35. The third kappa shape index (κ3) is 3.47. The van der Waals surface area contributed by atoms with Crippen LogP contribution in [0.1, 0.15) is 65.2 Å². The van der Waals surface area contributed by atoms with Crippen LogP contribution in [0, 0.1) is 23.7 Å². The Morgan fingerprint density at radius 2 is 1.76 bits per heavy atom. The Labute approximate surface area is 108 Å². The molecule has 0 aromatic rings. The van der Waals surface area contributed by atoms with E-state index in [9.17, 15) is 0 Å². The van der Waals surface area contributed by atoms with Crippen LogP contribution in [0.25, 0.3) is 0 Å². The van der Waals surface area contributed by atoms with E-state index in [-0.39, 0.29) is 0 Å². The molecule has 0 amide bonds. The lowest BCUT2D eigenvalue weighted by Crippen LogP contribution is -2.36. The molecule has 0 aliphatic heterocycles. The van der Waals surface area contributed by atoms with E-state index in [1.54, 1.807) is 0 Å². The van der Waals surface area contributed by atoms with Crippen molar-refractivity contribution >= 4 is 0 Å². The van der Waals surface area contributed by atoms with Crippen LogP contribution in [-0.2, 0) is 0 Å². The van der Waals surface area contributed by atoms with Gasteiger partial charge in [-0.3, -0.25) is 0 Å². The lowest BCUT2D eigenvalue weighted by atomic mass is 9.67. The molecule has 2 saturated carbocycles. The average Bonchev–Trinajstić information content (AvgIpc) is 2.90. The van der Waals surface area contributed by atoms with Crippen LogP contribution >= 0.6 is 0 Å². The highest BCUT2D eigenvalue weighted by molar-refractivity contribution is 4.87. The Morgan fingerprint density at radius 3 is 2.41 bits per heavy atom. The first-order chi connectivity index (χ1) is 8.35. The van der Waals surface area contributed by atoms with Gasteiger partial charge >= 0.3 is 0 Å². The molecule has 100 valence electrons. The molecule has 1 nitrogen and oxygen atoms in total. The standard InChI is InChI=1S/C16H31N/c1-3-13-9-10-15(12-17-4-2)16(11-13)14-7-5-6-8-14/h13-17H,3-12H2,1-2H3. The van der Waals surface area contributed by atoms with Crippen LogP contribution in [0.15, 0.2) is 0 Å². The van der Waals surface area contributed by atoms with Gasteiger partial charge in [0, 0.05) is 0 Å². The van der Waals surface area contributed by atoms with Gasteiger partial charge in [0.05, 0.1) is 0 Å². The second-order valence-electron chi connectivity index (χ2n) is 6.36. The molecule has 1 N–H and O–H groups in total. The molecule has 0 bridgehead atoms. The van der Waals surface area contributed by atoms with Gasteiger partial charge < -0.3 is 5.32 Å². The number of nitrogens with one attached hydrogen (secondary N) is 1. The summed E-state index contributed by atoms with van der Waals surface area (Å²) in [6.07, 6.45) is 12.0. The zero-order valence-electron chi connectivity index (χ0n) is 11.9. The molecule has 0 heterocycles. The second kappa shape index (κ2) is 6.78. The summed E-state index contributed by atoms with van der Waals surface area (Å²) in [5, 5.41) is 3.60. The van der Waals surface area contributed by atoms with E-state index in [4.69, 9.17) is 0 Å². The molecule has 1 heteroatoms. The monoisotopic (exact) mass is 237 g/mol. The fourth-order valence-electron chi connectivity index (χ4n) is 4.28. The summed E-state index contributed by atoms with van der Waals surface area (Å²) in [6, 6.07) is 0. The molecule has 2 aliphatic rings. The largest absolute Gasteiger partial charge is 0.317 e. The molecule has 3 unspecified atom stereocenters. The van der Waals surface area contributed by atoms with Gasteiger partial charge in [-0.05, 0) is 49.6 Å². The lowest BCUT2D eigenvalue weighted by Gasteiger charge is -2.39. The van der Waals surface area contributed by atoms with Crippen LogP contribution in [0.3, 0.4) is 0 Å². The Balaban J connectivity index is 1.92. The van der Waals surface area contributed by atoms with Gasteiger partial charge in [0.15, 0.2) is 0 Å². The van der Waals surface area contributed by atoms with Gasteiger partial charge in [-0.1, -0.05) is 52.4 Å². The third-order valence-corrected chi connectivity index (χ3v) is 5.40. The average molecular weight is 237 g/mol.